The molecule has 2 rings (SSSR count). The molecular formula is C16H17ClN2O5S2. The van der Waals surface area contributed by atoms with Crippen molar-refractivity contribution in [3.63, 3.8) is 0 Å². The molecule has 0 bridgehead atoms. The maximum atomic E-state index is 12.1. The lowest BCUT2D eigenvalue weighted by Crippen LogP contribution is -2.27. The zero-order chi connectivity index (χ0) is 19.4. The van der Waals surface area contributed by atoms with E-state index in [0.29, 0.717) is 10.7 Å². The Morgan fingerprint density at radius 2 is 1.65 bits per heavy atom. The highest BCUT2D eigenvalue weighted by atomic mass is 35.5. The molecule has 0 radical (unpaired) electrons. The molecule has 26 heavy (non-hydrogen) atoms. The van der Waals surface area contributed by atoms with Gasteiger partial charge in [0.15, 0.2) is 9.84 Å². The largest absolute Gasteiger partial charge is 0.326 e. The highest BCUT2D eigenvalue weighted by Crippen LogP contribution is 2.16. The second-order valence-corrected chi connectivity index (χ2v) is 9.67. The topological polar surface area (TPSA) is 109 Å². The summed E-state index contributed by atoms with van der Waals surface area (Å²) in [5.74, 6) is -0.450. The number of sulfone groups is 1. The first-order valence-electron chi connectivity index (χ1n) is 7.43. The molecule has 0 atom stereocenters. The molecule has 0 aromatic heterocycles. The van der Waals surface area contributed by atoms with E-state index in [1.807, 2.05) is 0 Å². The van der Waals surface area contributed by atoms with Crippen LogP contribution in [0.25, 0.3) is 0 Å². The van der Waals surface area contributed by atoms with Crippen LogP contribution in [0.15, 0.2) is 58.3 Å². The van der Waals surface area contributed by atoms with Gasteiger partial charge in [-0.05, 0) is 42.5 Å². The Labute approximate surface area is 157 Å². The van der Waals surface area contributed by atoms with Crippen LogP contribution in [0.3, 0.4) is 0 Å². The van der Waals surface area contributed by atoms with Gasteiger partial charge in [-0.1, -0.05) is 17.7 Å². The molecule has 0 spiro atoms. The standard InChI is InChI=1S/C16H17ClN2O5S2/c1-25(21,22)15-4-2-3-13(11-15)19-16(20)9-10-18-26(23,24)14-7-5-12(17)6-8-14/h2-8,11,18H,9-10H2,1H3,(H,19,20). The number of sulfonamides is 1. The van der Waals surface area contributed by atoms with Gasteiger partial charge in [-0.15, -0.1) is 0 Å². The first kappa shape index (κ1) is 20.4. The molecule has 0 unspecified atom stereocenters. The predicted octanol–water partition coefficient (Wildman–Crippen LogP) is 2.05. The molecule has 2 N–H and O–H groups in total. The number of anilines is 1. The average Bonchev–Trinajstić information content (AvgIpc) is 2.54. The third-order valence-corrected chi connectivity index (χ3v) is 6.15. The molecule has 7 nitrogen and oxygen atoms in total. The number of nitrogens with one attached hydrogen (secondary N) is 2. The van der Waals surface area contributed by atoms with Crippen LogP contribution in [0, 0.1) is 0 Å². The van der Waals surface area contributed by atoms with E-state index >= 15 is 0 Å². The van der Waals surface area contributed by atoms with Crippen molar-refractivity contribution in [2.75, 3.05) is 18.1 Å². The molecule has 2 aromatic carbocycles. The number of carbonyl (C=O) groups excluding carboxylic acids is 1. The van der Waals surface area contributed by atoms with Gasteiger partial charge >= 0.3 is 0 Å². The van der Waals surface area contributed by atoms with Crippen molar-refractivity contribution < 1.29 is 21.6 Å². The van der Waals surface area contributed by atoms with E-state index in [2.05, 4.69) is 10.0 Å². The Balaban J connectivity index is 1.92. The van der Waals surface area contributed by atoms with E-state index in [1.165, 1.54) is 42.5 Å². The van der Waals surface area contributed by atoms with Gasteiger partial charge in [-0.25, -0.2) is 21.6 Å². The van der Waals surface area contributed by atoms with Crippen LogP contribution >= 0.6 is 11.6 Å². The number of carbonyl (C=O) groups is 1. The third kappa shape index (κ3) is 5.80. The lowest BCUT2D eigenvalue weighted by atomic mass is 10.3. The minimum Gasteiger partial charge on any atom is -0.326 e. The second-order valence-electron chi connectivity index (χ2n) is 5.45. The minimum absolute atomic E-state index is 0.0446. The van der Waals surface area contributed by atoms with Gasteiger partial charge in [0.2, 0.25) is 15.9 Å². The first-order valence-corrected chi connectivity index (χ1v) is 11.2. The van der Waals surface area contributed by atoms with Crippen molar-refractivity contribution in [3.8, 4) is 0 Å². The Hall–Kier alpha value is -1.94. The number of hydrogen-bond acceptors (Lipinski definition) is 5. The Morgan fingerprint density at radius 3 is 2.27 bits per heavy atom. The van der Waals surface area contributed by atoms with Gasteiger partial charge in [0.05, 0.1) is 9.79 Å². The summed E-state index contributed by atoms with van der Waals surface area (Å²) >= 11 is 5.72. The van der Waals surface area contributed by atoms with Gasteiger partial charge in [0.1, 0.15) is 0 Å². The zero-order valence-electron chi connectivity index (χ0n) is 13.8. The van der Waals surface area contributed by atoms with Crippen LogP contribution in [-0.4, -0.2) is 35.5 Å². The molecule has 10 heteroatoms. The SMILES string of the molecule is CS(=O)(=O)c1cccc(NC(=O)CCNS(=O)(=O)c2ccc(Cl)cc2)c1. The molecular weight excluding hydrogens is 400 g/mol. The maximum Gasteiger partial charge on any atom is 0.240 e. The van der Waals surface area contributed by atoms with Crippen molar-refractivity contribution in [1.29, 1.82) is 0 Å². The smallest absolute Gasteiger partial charge is 0.240 e. The highest BCUT2D eigenvalue weighted by molar-refractivity contribution is 7.90. The maximum absolute atomic E-state index is 12.1. The van der Waals surface area contributed by atoms with E-state index in [9.17, 15) is 21.6 Å². The van der Waals surface area contributed by atoms with E-state index in [4.69, 9.17) is 11.6 Å². The lowest BCUT2D eigenvalue weighted by molar-refractivity contribution is -0.116. The second kappa shape index (κ2) is 8.17. The van der Waals surface area contributed by atoms with E-state index in [-0.39, 0.29) is 22.8 Å². The molecule has 0 aliphatic carbocycles. The summed E-state index contributed by atoms with van der Waals surface area (Å²) in [6, 6.07) is 11.5. The minimum atomic E-state index is -3.74. The number of rotatable bonds is 7. The zero-order valence-corrected chi connectivity index (χ0v) is 16.2. The van der Waals surface area contributed by atoms with Gasteiger partial charge in [0.25, 0.3) is 0 Å². The van der Waals surface area contributed by atoms with Gasteiger partial charge in [-0.3, -0.25) is 4.79 Å². The summed E-state index contributed by atoms with van der Waals surface area (Å²) in [7, 11) is -7.12. The average molecular weight is 417 g/mol. The molecule has 0 aliphatic heterocycles. The highest BCUT2D eigenvalue weighted by Gasteiger charge is 2.14. The number of benzene rings is 2. The Morgan fingerprint density at radius 1 is 1.00 bits per heavy atom. The third-order valence-electron chi connectivity index (χ3n) is 3.31. The summed E-state index contributed by atoms with van der Waals surface area (Å²) in [4.78, 5) is 12.1. The number of hydrogen-bond donors (Lipinski definition) is 2. The molecule has 0 saturated heterocycles. The summed E-state index contributed by atoms with van der Waals surface area (Å²) in [5, 5.41) is 2.95. The number of amides is 1. The van der Waals surface area contributed by atoms with E-state index < -0.39 is 25.8 Å². The fourth-order valence-electron chi connectivity index (χ4n) is 2.02. The molecule has 140 valence electrons. The normalized spacial score (nSPS) is 11.9. The van der Waals surface area contributed by atoms with Crippen molar-refractivity contribution in [2.24, 2.45) is 0 Å². The fourth-order valence-corrected chi connectivity index (χ4v) is 3.85. The van der Waals surface area contributed by atoms with Gasteiger partial charge < -0.3 is 5.32 Å². The predicted molar refractivity (Wildman–Crippen MR) is 99.4 cm³/mol. The summed E-state index contributed by atoms with van der Waals surface area (Å²) in [5.41, 5.74) is 0.318. The first-order chi connectivity index (χ1) is 12.1. The molecule has 0 fully saturated rings. The Kier molecular flexibility index (Phi) is 6.40. The fraction of sp³-hybridized carbons (Fsp3) is 0.188. The van der Waals surface area contributed by atoms with Crippen LogP contribution in [-0.2, 0) is 24.7 Å². The van der Waals surface area contributed by atoms with Crippen molar-refractivity contribution in [3.05, 3.63) is 53.6 Å². The van der Waals surface area contributed by atoms with Crippen LogP contribution < -0.4 is 10.0 Å². The van der Waals surface area contributed by atoms with Crippen molar-refractivity contribution >= 4 is 43.1 Å². The molecule has 0 aliphatic rings. The van der Waals surface area contributed by atoms with Crippen LogP contribution in [0.2, 0.25) is 5.02 Å². The van der Waals surface area contributed by atoms with Crippen LogP contribution in [0.1, 0.15) is 6.42 Å². The monoisotopic (exact) mass is 416 g/mol. The summed E-state index contributed by atoms with van der Waals surface area (Å²) in [6.45, 7) is -0.109. The van der Waals surface area contributed by atoms with E-state index in [0.717, 1.165) is 6.26 Å². The van der Waals surface area contributed by atoms with E-state index in [1.54, 1.807) is 6.07 Å². The van der Waals surface area contributed by atoms with Crippen LogP contribution in [0.5, 0.6) is 0 Å². The summed E-state index contributed by atoms with van der Waals surface area (Å²) < 4.78 is 49.5. The Bertz CT molecular complexity index is 1000. The van der Waals surface area contributed by atoms with Crippen molar-refractivity contribution in [1.82, 2.24) is 4.72 Å². The number of halogens is 1. The molecule has 0 saturated carbocycles. The quantitative estimate of drug-likeness (QED) is 0.717. The van der Waals surface area contributed by atoms with Gasteiger partial charge in [0, 0.05) is 29.9 Å². The molecule has 0 heterocycles. The lowest BCUT2D eigenvalue weighted by Gasteiger charge is -2.08. The van der Waals surface area contributed by atoms with Crippen LogP contribution in [0.4, 0.5) is 5.69 Å². The van der Waals surface area contributed by atoms with Gasteiger partial charge in [-0.2, -0.15) is 0 Å². The molecule has 2 aromatic rings. The summed E-state index contributed by atoms with van der Waals surface area (Å²) in [6.07, 6.45) is 0.954. The van der Waals surface area contributed by atoms with Crippen molar-refractivity contribution in [2.45, 2.75) is 16.2 Å². The molecule has 1 amide bonds.